The Morgan fingerprint density at radius 3 is 2.80 bits per heavy atom. The summed E-state index contributed by atoms with van der Waals surface area (Å²) in [5.41, 5.74) is 7.25. The van der Waals surface area contributed by atoms with Gasteiger partial charge in [0, 0.05) is 12.7 Å². The summed E-state index contributed by atoms with van der Waals surface area (Å²) in [7, 11) is 1.70. The Hall–Kier alpha value is -0.800. The number of hydrogen-bond acceptors (Lipinski definition) is 3. The van der Waals surface area contributed by atoms with E-state index in [9.17, 15) is 0 Å². The lowest BCUT2D eigenvalue weighted by atomic mass is 9.79. The zero-order valence-corrected chi connectivity index (χ0v) is 9.29. The van der Waals surface area contributed by atoms with Crippen LogP contribution < -0.4 is 5.73 Å². The molecule has 2 rings (SSSR count). The van der Waals surface area contributed by atoms with E-state index < -0.39 is 0 Å². The van der Waals surface area contributed by atoms with Crippen molar-refractivity contribution in [2.24, 2.45) is 5.73 Å². The molecule has 1 aliphatic carbocycles. The van der Waals surface area contributed by atoms with E-state index in [4.69, 9.17) is 14.9 Å². The van der Waals surface area contributed by atoms with Gasteiger partial charge in [0.15, 0.2) is 0 Å². The van der Waals surface area contributed by atoms with E-state index in [2.05, 4.69) is 0 Å². The summed E-state index contributed by atoms with van der Waals surface area (Å²) < 4.78 is 10.7. The molecule has 0 aromatic carbocycles. The van der Waals surface area contributed by atoms with Gasteiger partial charge in [-0.25, -0.2) is 0 Å². The second-order valence-electron chi connectivity index (χ2n) is 4.42. The van der Waals surface area contributed by atoms with Gasteiger partial charge in [0.2, 0.25) is 0 Å². The first-order valence-corrected chi connectivity index (χ1v) is 5.61. The first-order chi connectivity index (χ1) is 7.26. The highest BCUT2D eigenvalue weighted by molar-refractivity contribution is 5.24. The third-order valence-electron chi connectivity index (χ3n) is 3.24. The first-order valence-electron chi connectivity index (χ1n) is 5.61. The molecule has 1 saturated carbocycles. The fourth-order valence-electron chi connectivity index (χ4n) is 2.45. The molecule has 3 nitrogen and oxygen atoms in total. The Balaban J connectivity index is 2.22. The molecule has 0 aliphatic heterocycles. The second-order valence-corrected chi connectivity index (χ2v) is 4.42. The molecule has 0 amide bonds. The van der Waals surface area contributed by atoms with Crippen LogP contribution >= 0.6 is 0 Å². The summed E-state index contributed by atoms with van der Waals surface area (Å²) in [4.78, 5) is 0. The highest BCUT2D eigenvalue weighted by Crippen LogP contribution is 2.36. The van der Waals surface area contributed by atoms with Crippen molar-refractivity contribution in [3.05, 3.63) is 23.7 Å². The number of hydrogen-bond donors (Lipinski definition) is 1. The molecule has 1 heterocycles. The molecule has 0 atom stereocenters. The van der Waals surface area contributed by atoms with Crippen molar-refractivity contribution < 1.29 is 9.15 Å². The lowest BCUT2D eigenvalue weighted by Gasteiger charge is -2.32. The summed E-state index contributed by atoms with van der Waals surface area (Å²) in [6.45, 7) is 0.588. The summed E-state index contributed by atoms with van der Waals surface area (Å²) in [5, 5.41) is 0. The van der Waals surface area contributed by atoms with Crippen LogP contribution in [0.4, 0.5) is 0 Å². The quantitative estimate of drug-likeness (QED) is 0.832. The maximum atomic E-state index is 6.41. The standard InChI is InChI=1S/C12H19NO2/c1-14-9-10-5-8-15-11(10)12(13)6-3-2-4-7-12/h5,8H,2-4,6-7,9,13H2,1H3. The zero-order chi connectivity index (χ0) is 10.7. The second kappa shape index (κ2) is 4.37. The average Bonchev–Trinajstić information content (AvgIpc) is 2.68. The van der Waals surface area contributed by atoms with Gasteiger partial charge in [-0.15, -0.1) is 0 Å². The molecular formula is C12H19NO2. The molecule has 2 N–H and O–H groups in total. The minimum Gasteiger partial charge on any atom is -0.467 e. The van der Waals surface area contributed by atoms with Gasteiger partial charge in [0.25, 0.3) is 0 Å². The number of methoxy groups -OCH3 is 1. The molecule has 1 aliphatic rings. The van der Waals surface area contributed by atoms with Crippen LogP contribution in [0.5, 0.6) is 0 Å². The minimum atomic E-state index is -0.254. The van der Waals surface area contributed by atoms with Gasteiger partial charge in [-0.05, 0) is 18.9 Å². The van der Waals surface area contributed by atoms with E-state index in [0.717, 1.165) is 24.2 Å². The van der Waals surface area contributed by atoms with Gasteiger partial charge in [-0.3, -0.25) is 0 Å². The number of furan rings is 1. The summed E-state index contributed by atoms with van der Waals surface area (Å²) >= 11 is 0. The van der Waals surface area contributed by atoms with Crippen LogP contribution in [-0.4, -0.2) is 7.11 Å². The third kappa shape index (κ3) is 2.08. The van der Waals surface area contributed by atoms with Crippen molar-refractivity contribution in [1.82, 2.24) is 0 Å². The highest BCUT2D eigenvalue weighted by Gasteiger charge is 2.34. The first kappa shape index (κ1) is 10.7. The van der Waals surface area contributed by atoms with Crippen LogP contribution in [0.25, 0.3) is 0 Å². The van der Waals surface area contributed by atoms with Gasteiger partial charge in [0.1, 0.15) is 5.76 Å². The highest BCUT2D eigenvalue weighted by atomic mass is 16.5. The zero-order valence-electron chi connectivity index (χ0n) is 9.29. The molecule has 84 valence electrons. The van der Waals surface area contributed by atoms with E-state index in [1.165, 1.54) is 19.3 Å². The normalized spacial score (nSPS) is 20.4. The molecule has 1 fully saturated rings. The predicted molar refractivity (Wildman–Crippen MR) is 58.4 cm³/mol. The van der Waals surface area contributed by atoms with Crippen molar-refractivity contribution >= 4 is 0 Å². The lowest BCUT2D eigenvalue weighted by Crippen LogP contribution is -2.39. The van der Waals surface area contributed by atoms with Crippen molar-refractivity contribution in [3.63, 3.8) is 0 Å². The number of nitrogens with two attached hydrogens (primary N) is 1. The average molecular weight is 209 g/mol. The summed E-state index contributed by atoms with van der Waals surface area (Å²) in [5.74, 6) is 0.934. The van der Waals surface area contributed by atoms with Crippen LogP contribution in [0.3, 0.4) is 0 Å². The summed E-state index contributed by atoms with van der Waals surface area (Å²) in [6.07, 6.45) is 7.45. The molecule has 0 spiro atoms. The van der Waals surface area contributed by atoms with E-state index in [-0.39, 0.29) is 5.54 Å². The molecule has 0 bridgehead atoms. The van der Waals surface area contributed by atoms with Gasteiger partial charge < -0.3 is 14.9 Å². The topological polar surface area (TPSA) is 48.4 Å². The van der Waals surface area contributed by atoms with E-state index in [1.54, 1.807) is 13.4 Å². The fraction of sp³-hybridized carbons (Fsp3) is 0.667. The van der Waals surface area contributed by atoms with Crippen LogP contribution in [0.2, 0.25) is 0 Å². The fourth-order valence-corrected chi connectivity index (χ4v) is 2.45. The molecule has 0 unspecified atom stereocenters. The van der Waals surface area contributed by atoms with Gasteiger partial charge in [0.05, 0.1) is 18.4 Å². The monoisotopic (exact) mass is 209 g/mol. The summed E-state index contributed by atoms with van der Waals surface area (Å²) in [6, 6.07) is 1.96. The van der Waals surface area contributed by atoms with Crippen molar-refractivity contribution in [3.8, 4) is 0 Å². The smallest absolute Gasteiger partial charge is 0.129 e. The van der Waals surface area contributed by atoms with Crippen molar-refractivity contribution in [2.75, 3.05) is 7.11 Å². The van der Waals surface area contributed by atoms with E-state index >= 15 is 0 Å². The Bertz CT molecular complexity index is 313. The maximum Gasteiger partial charge on any atom is 0.129 e. The molecule has 15 heavy (non-hydrogen) atoms. The van der Waals surface area contributed by atoms with Crippen LogP contribution in [0, 0.1) is 0 Å². The predicted octanol–water partition coefficient (Wildman–Crippen LogP) is 2.54. The van der Waals surface area contributed by atoms with Gasteiger partial charge in [-0.1, -0.05) is 19.3 Å². The maximum absolute atomic E-state index is 6.41. The third-order valence-corrected chi connectivity index (χ3v) is 3.24. The minimum absolute atomic E-state index is 0.254. The van der Waals surface area contributed by atoms with Gasteiger partial charge >= 0.3 is 0 Å². The molecule has 1 aromatic heterocycles. The van der Waals surface area contributed by atoms with E-state index in [0.29, 0.717) is 6.61 Å². The number of rotatable bonds is 3. The van der Waals surface area contributed by atoms with Crippen LogP contribution in [-0.2, 0) is 16.9 Å². The Morgan fingerprint density at radius 1 is 1.40 bits per heavy atom. The number of ether oxygens (including phenoxy) is 1. The Kier molecular flexibility index (Phi) is 3.12. The van der Waals surface area contributed by atoms with Crippen molar-refractivity contribution in [2.45, 2.75) is 44.2 Å². The SMILES string of the molecule is COCc1ccoc1C1(N)CCCCC1. The molecule has 1 aromatic rings. The van der Waals surface area contributed by atoms with Crippen LogP contribution in [0.15, 0.2) is 16.7 Å². The Labute approximate surface area is 90.6 Å². The molecule has 0 saturated heterocycles. The lowest BCUT2D eigenvalue weighted by molar-refractivity contribution is 0.175. The van der Waals surface area contributed by atoms with Crippen molar-refractivity contribution in [1.29, 1.82) is 0 Å². The molecule has 0 radical (unpaired) electrons. The molecule has 3 heteroatoms. The van der Waals surface area contributed by atoms with Gasteiger partial charge in [-0.2, -0.15) is 0 Å². The Morgan fingerprint density at radius 2 is 2.13 bits per heavy atom. The van der Waals surface area contributed by atoms with E-state index in [1.807, 2.05) is 6.07 Å². The van der Waals surface area contributed by atoms with Crippen LogP contribution in [0.1, 0.15) is 43.4 Å². The molecular weight excluding hydrogens is 190 g/mol. The largest absolute Gasteiger partial charge is 0.467 e.